The number of halogens is 1. The van der Waals surface area contributed by atoms with E-state index >= 15 is 0 Å². The van der Waals surface area contributed by atoms with Crippen molar-refractivity contribution in [1.82, 2.24) is 4.90 Å². The molecule has 0 bridgehead atoms. The molecule has 1 aromatic carbocycles. The van der Waals surface area contributed by atoms with Crippen molar-refractivity contribution in [2.45, 2.75) is 45.3 Å². The molecular weight excluding hydrogens is 314 g/mol. The van der Waals surface area contributed by atoms with E-state index in [4.69, 9.17) is 21.6 Å². The minimum Gasteiger partial charge on any atom is -0.444 e. The van der Waals surface area contributed by atoms with Gasteiger partial charge in [0, 0.05) is 19.1 Å². The normalized spacial score (nSPS) is 15.9. The van der Waals surface area contributed by atoms with Gasteiger partial charge in [-0.3, -0.25) is 0 Å². The van der Waals surface area contributed by atoms with Gasteiger partial charge in [0.15, 0.2) is 0 Å². The molecule has 0 radical (unpaired) electrons. The minimum absolute atomic E-state index is 0.249. The van der Waals surface area contributed by atoms with Gasteiger partial charge in [-0.2, -0.15) is 5.26 Å². The molecular formula is C17H22ClN3O2. The lowest BCUT2D eigenvalue weighted by Gasteiger charge is -2.34. The Morgan fingerprint density at radius 2 is 2.04 bits per heavy atom. The zero-order valence-electron chi connectivity index (χ0n) is 13.7. The Labute approximate surface area is 142 Å². The highest BCUT2D eigenvalue weighted by atomic mass is 35.5. The average molecular weight is 336 g/mol. The van der Waals surface area contributed by atoms with Crippen LogP contribution < -0.4 is 5.32 Å². The predicted octanol–water partition coefficient (Wildman–Crippen LogP) is 4.02. The lowest BCUT2D eigenvalue weighted by atomic mass is 10.0. The van der Waals surface area contributed by atoms with Crippen molar-refractivity contribution >= 4 is 23.4 Å². The SMILES string of the molecule is CC(C)(C)OC(=O)N1CCC(Nc2ccc(C#N)cc2Cl)CC1. The number of carbonyl (C=O) groups is 1. The Bertz CT molecular complexity index is 611. The predicted molar refractivity (Wildman–Crippen MR) is 90.6 cm³/mol. The zero-order chi connectivity index (χ0) is 17.0. The molecule has 0 spiro atoms. The number of amides is 1. The monoisotopic (exact) mass is 335 g/mol. The van der Waals surface area contributed by atoms with Gasteiger partial charge >= 0.3 is 6.09 Å². The summed E-state index contributed by atoms with van der Waals surface area (Å²) in [5, 5.41) is 12.8. The molecule has 23 heavy (non-hydrogen) atoms. The van der Waals surface area contributed by atoms with Crippen molar-refractivity contribution in [3.8, 4) is 6.07 Å². The number of nitrogens with zero attached hydrogens (tertiary/aromatic N) is 2. The van der Waals surface area contributed by atoms with E-state index in [1.807, 2.05) is 26.8 Å². The standard InChI is InChI=1S/C17H22ClN3O2/c1-17(2,3)23-16(22)21-8-6-13(7-9-21)20-15-5-4-12(11-19)10-14(15)18/h4-5,10,13,20H,6-9H2,1-3H3. The highest BCUT2D eigenvalue weighted by Crippen LogP contribution is 2.26. The van der Waals surface area contributed by atoms with Crippen molar-refractivity contribution in [2.24, 2.45) is 0 Å². The van der Waals surface area contributed by atoms with E-state index < -0.39 is 5.60 Å². The maximum atomic E-state index is 12.0. The number of rotatable bonds is 2. The summed E-state index contributed by atoms with van der Waals surface area (Å²) in [7, 11) is 0. The van der Waals surface area contributed by atoms with Crippen molar-refractivity contribution in [3.05, 3.63) is 28.8 Å². The molecule has 0 atom stereocenters. The summed E-state index contributed by atoms with van der Waals surface area (Å²) in [6.07, 6.45) is 1.40. The third-order valence-electron chi connectivity index (χ3n) is 3.60. The molecule has 1 fully saturated rings. The summed E-state index contributed by atoms with van der Waals surface area (Å²) in [5.74, 6) is 0. The second kappa shape index (κ2) is 7.10. The van der Waals surface area contributed by atoms with E-state index in [1.54, 1.807) is 17.0 Å². The summed E-state index contributed by atoms with van der Waals surface area (Å²) in [6.45, 7) is 6.91. The average Bonchev–Trinajstić information content (AvgIpc) is 2.48. The highest BCUT2D eigenvalue weighted by Gasteiger charge is 2.26. The first kappa shape index (κ1) is 17.4. The maximum absolute atomic E-state index is 12.0. The van der Waals surface area contributed by atoms with E-state index in [2.05, 4.69) is 11.4 Å². The summed E-state index contributed by atoms with van der Waals surface area (Å²) < 4.78 is 5.39. The van der Waals surface area contributed by atoms with Crippen molar-refractivity contribution < 1.29 is 9.53 Å². The molecule has 1 heterocycles. The Balaban J connectivity index is 1.88. The number of likely N-dealkylation sites (tertiary alicyclic amines) is 1. The summed E-state index contributed by atoms with van der Waals surface area (Å²) >= 11 is 6.18. The second-order valence-electron chi connectivity index (χ2n) is 6.69. The van der Waals surface area contributed by atoms with E-state index in [-0.39, 0.29) is 12.1 Å². The number of benzene rings is 1. The van der Waals surface area contributed by atoms with Crippen LogP contribution in [0.15, 0.2) is 18.2 Å². The number of hydrogen-bond donors (Lipinski definition) is 1. The first-order chi connectivity index (χ1) is 10.8. The number of carbonyl (C=O) groups excluding carboxylic acids is 1. The van der Waals surface area contributed by atoms with Crippen LogP contribution in [0.1, 0.15) is 39.2 Å². The Morgan fingerprint density at radius 3 is 2.57 bits per heavy atom. The van der Waals surface area contributed by atoms with Crippen LogP contribution in [0.25, 0.3) is 0 Å². The Kier molecular flexibility index (Phi) is 5.38. The highest BCUT2D eigenvalue weighted by molar-refractivity contribution is 6.33. The van der Waals surface area contributed by atoms with Gasteiger partial charge in [0.2, 0.25) is 0 Å². The maximum Gasteiger partial charge on any atom is 0.410 e. The third-order valence-corrected chi connectivity index (χ3v) is 3.92. The van der Waals surface area contributed by atoms with Gasteiger partial charge in [-0.25, -0.2) is 4.79 Å². The summed E-state index contributed by atoms with van der Waals surface area (Å²) in [5.41, 5.74) is 0.893. The van der Waals surface area contributed by atoms with Crippen LogP contribution in [-0.2, 0) is 4.74 Å². The molecule has 1 aliphatic rings. The van der Waals surface area contributed by atoms with Gasteiger partial charge in [0.1, 0.15) is 5.60 Å². The van der Waals surface area contributed by atoms with E-state index in [1.165, 1.54) is 0 Å². The van der Waals surface area contributed by atoms with Gasteiger partial charge in [0.05, 0.1) is 22.3 Å². The molecule has 0 aromatic heterocycles. The molecule has 124 valence electrons. The number of ether oxygens (including phenoxy) is 1. The largest absolute Gasteiger partial charge is 0.444 e. The van der Waals surface area contributed by atoms with Crippen molar-refractivity contribution in [3.63, 3.8) is 0 Å². The topological polar surface area (TPSA) is 65.4 Å². The molecule has 1 N–H and O–H groups in total. The summed E-state index contributed by atoms with van der Waals surface area (Å²) in [6, 6.07) is 7.53. The van der Waals surface area contributed by atoms with Crippen molar-refractivity contribution in [2.75, 3.05) is 18.4 Å². The van der Waals surface area contributed by atoms with E-state index in [0.717, 1.165) is 18.5 Å². The molecule has 5 nitrogen and oxygen atoms in total. The van der Waals surface area contributed by atoms with Gasteiger partial charge in [0.25, 0.3) is 0 Å². The number of nitriles is 1. The number of piperidine rings is 1. The fraction of sp³-hybridized carbons (Fsp3) is 0.529. The number of nitrogens with one attached hydrogen (secondary N) is 1. The summed E-state index contributed by atoms with van der Waals surface area (Å²) in [4.78, 5) is 13.8. The molecule has 0 aliphatic carbocycles. The smallest absolute Gasteiger partial charge is 0.410 e. The lowest BCUT2D eigenvalue weighted by molar-refractivity contribution is 0.0210. The Hall–Kier alpha value is -1.93. The van der Waals surface area contributed by atoms with Crippen LogP contribution in [-0.4, -0.2) is 35.7 Å². The molecule has 1 saturated heterocycles. The molecule has 1 amide bonds. The van der Waals surface area contributed by atoms with Crippen LogP contribution in [0.5, 0.6) is 0 Å². The lowest BCUT2D eigenvalue weighted by Crippen LogP contribution is -2.44. The van der Waals surface area contributed by atoms with E-state index in [9.17, 15) is 4.79 Å². The Morgan fingerprint density at radius 1 is 1.39 bits per heavy atom. The van der Waals surface area contributed by atoms with E-state index in [0.29, 0.717) is 23.7 Å². The van der Waals surface area contributed by atoms with Gasteiger partial charge < -0.3 is 15.0 Å². The van der Waals surface area contributed by atoms with Crippen LogP contribution in [0.4, 0.5) is 10.5 Å². The van der Waals surface area contributed by atoms with Crippen molar-refractivity contribution in [1.29, 1.82) is 5.26 Å². The fourth-order valence-corrected chi connectivity index (χ4v) is 2.69. The molecule has 0 unspecified atom stereocenters. The molecule has 1 aromatic rings. The van der Waals surface area contributed by atoms with Gasteiger partial charge in [-0.15, -0.1) is 0 Å². The van der Waals surface area contributed by atoms with Crippen LogP contribution in [0, 0.1) is 11.3 Å². The second-order valence-corrected chi connectivity index (χ2v) is 7.10. The molecule has 0 saturated carbocycles. The third kappa shape index (κ3) is 5.04. The first-order valence-corrected chi connectivity index (χ1v) is 8.10. The molecule has 1 aliphatic heterocycles. The minimum atomic E-state index is -0.470. The number of hydrogen-bond acceptors (Lipinski definition) is 4. The molecule has 2 rings (SSSR count). The first-order valence-electron chi connectivity index (χ1n) is 7.72. The van der Waals surface area contributed by atoms with Crippen LogP contribution in [0.2, 0.25) is 5.02 Å². The van der Waals surface area contributed by atoms with Gasteiger partial charge in [-0.05, 0) is 51.8 Å². The van der Waals surface area contributed by atoms with Gasteiger partial charge in [-0.1, -0.05) is 11.6 Å². The van der Waals surface area contributed by atoms with Crippen LogP contribution in [0.3, 0.4) is 0 Å². The number of anilines is 1. The molecule has 6 heteroatoms. The zero-order valence-corrected chi connectivity index (χ0v) is 14.5. The quantitative estimate of drug-likeness (QED) is 0.886. The fourth-order valence-electron chi connectivity index (χ4n) is 2.45. The van der Waals surface area contributed by atoms with Crippen LogP contribution >= 0.6 is 11.6 Å².